The summed E-state index contributed by atoms with van der Waals surface area (Å²) in [5, 5.41) is 11.1. The maximum absolute atomic E-state index is 11.3. The van der Waals surface area contributed by atoms with E-state index in [9.17, 15) is 24.0 Å². The Kier molecular flexibility index (Phi) is 32.4. The monoisotopic (exact) mass is 702 g/mol. The van der Waals surface area contributed by atoms with Gasteiger partial charge in [0.05, 0.1) is 7.11 Å². The van der Waals surface area contributed by atoms with Crippen molar-refractivity contribution in [1.82, 2.24) is 26.2 Å². The summed E-state index contributed by atoms with van der Waals surface area (Å²) in [5.41, 5.74) is -0.255. The molecule has 1 aliphatic heterocycles. The number of likely N-dealkylation sites (tertiary alicyclic amines) is 1. The quantitative estimate of drug-likeness (QED) is 0.193. The molecule has 0 unspecified atom stereocenters. The Hall–Kier alpha value is -2.85. The van der Waals surface area contributed by atoms with Crippen LogP contribution < -0.4 is 21.3 Å². The van der Waals surface area contributed by atoms with Gasteiger partial charge in [-0.1, -0.05) is 111 Å². The standard InChI is InChI=1S/C9H19NO.C8H15NO.C8H17NO.C7H15NO.C6H13NO2/c1-7(2)6-10-8(11)9(3,4)5;1-6(2)8-4-9(5-8)7(3)10;1-6(2)5-9-8(10)7(3)4;1-4-7(9)8-5-6(2)3;1-5(2)4-7-6(8)9-3/h7H,6H2,1-5H3,(H,10,11);6,8H,4-5H2,1-3H3;6-7H,5H2,1-4H3,(H,9,10);6H,4-5H2,1-3H3,(H,8,9);5H,4H2,1-3H3,(H,7,8). The lowest BCUT2D eigenvalue weighted by Gasteiger charge is -2.41. The predicted octanol–water partition coefficient (Wildman–Crippen LogP) is 6.51. The third-order valence-corrected chi connectivity index (χ3v) is 6.73. The number of hydrogen-bond donors (Lipinski definition) is 4. The highest BCUT2D eigenvalue weighted by Crippen LogP contribution is 2.22. The first-order valence-corrected chi connectivity index (χ1v) is 18.2. The average molecular weight is 702 g/mol. The second-order valence-electron chi connectivity index (χ2n) is 15.9. The van der Waals surface area contributed by atoms with E-state index in [-0.39, 0.29) is 41.1 Å². The van der Waals surface area contributed by atoms with Crippen LogP contribution in [0.5, 0.6) is 0 Å². The van der Waals surface area contributed by atoms with Crippen LogP contribution in [0.2, 0.25) is 0 Å². The largest absolute Gasteiger partial charge is 0.453 e. The fraction of sp³-hybridized carbons (Fsp3) is 0.868. The lowest BCUT2D eigenvalue weighted by molar-refractivity contribution is -0.136. The molecule has 292 valence electrons. The van der Waals surface area contributed by atoms with Gasteiger partial charge in [0.25, 0.3) is 0 Å². The van der Waals surface area contributed by atoms with Crippen LogP contribution in [0.1, 0.15) is 124 Å². The Morgan fingerprint density at radius 3 is 1.37 bits per heavy atom. The van der Waals surface area contributed by atoms with E-state index in [1.165, 1.54) is 7.11 Å². The number of carbonyl (C=O) groups is 5. The van der Waals surface area contributed by atoms with Crippen molar-refractivity contribution in [1.29, 1.82) is 0 Å². The van der Waals surface area contributed by atoms with Crippen LogP contribution >= 0.6 is 0 Å². The highest BCUT2D eigenvalue weighted by atomic mass is 16.5. The van der Waals surface area contributed by atoms with Crippen LogP contribution in [-0.2, 0) is 23.9 Å². The number of nitrogens with zero attached hydrogens (tertiary/aromatic N) is 1. The summed E-state index contributed by atoms with van der Waals surface area (Å²) >= 11 is 0. The maximum Gasteiger partial charge on any atom is 0.406 e. The van der Waals surface area contributed by atoms with Crippen molar-refractivity contribution in [3.63, 3.8) is 0 Å². The van der Waals surface area contributed by atoms with Crippen LogP contribution in [0.3, 0.4) is 0 Å². The van der Waals surface area contributed by atoms with Crippen LogP contribution in [-0.4, -0.2) is 81.0 Å². The zero-order valence-corrected chi connectivity index (χ0v) is 34.9. The van der Waals surface area contributed by atoms with Crippen LogP contribution in [0, 0.1) is 46.8 Å². The molecule has 0 aromatic heterocycles. The summed E-state index contributed by atoms with van der Waals surface area (Å²) in [6.45, 7) is 39.0. The van der Waals surface area contributed by atoms with Gasteiger partial charge in [-0.2, -0.15) is 0 Å². The first kappa shape index (κ1) is 53.0. The highest BCUT2D eigenvalue weighted by Gasteiger charge is 2.30. The van der Waals surface area contributed by atoms with Crippen LogP contribution in [0.15, 0.2) is 0 Å². The van der Waals surface area contributed by atoms with E-state index < -0.39 is 0 Å². The number of carbonyl (C=O) groups excluding carboxylic acids is 5. The Balaban J connectivity index is -0.000000259. The van der Waals surface area contributed by atoms with Gasteiger partial charge in [0, 0.05) is 63.9 Å². The van der Waals surface area contributed by atoms with E-state index in [1.807, 2.05) is 60.3 Å². The summed E-state index contributed by atoms with van der Waals surface area (Å²) in [7, 11) is 1.36. The zero-order valence-electron chi connectivity index (χ0n) is 34.9. The van der Waals surface area contributed by atoms with Crippen LogP contribution in [0.25, 0.3) is 0 Å². The minimum Gasteiger partial charge on any atom is -0.453 e. The molecule has 0 radical (unpaired) electrons. The van der Waals surface area contributed by atoms with E-state index >= 15 is 0 Å². The summed E-state index contributed by atoms with van der Waals surface area (Å²) in [4.78, 5) is 55.8. The molecule has 0 spiro atoms. The van der Waals surface area contributed by atoms with Crippen molar-refractivity contribution >= 4 is 29.7 Å². The molecule has 11 heteroatoms. The fourth-order valence-corrected chi connectivity index (χ4v) is 3.06. The third-order valence-electron chi connectivity index (χ3n) is 6.73. The van der Waals surface area contributed by atoms with Gasteiger partial charge in [-0.3, -0.25) is 19.2 Å². The molecule has 1 rings (SSSR count). The van der Waals surface area contributed by atoms with E-state index in [0.29, 0.717) is 36.6 Å². The van der Waals surface area contributed by atoms with Gasteiger partial charge in [-0.05, 0) is 35.5 Å². The minimum atomic E-state index is -0.358. The van der Waals surface area contributed by atoms with Gasteiger partial charge in [-0.25, -0.2) is 4.79 Å². The first-order valence-electron chi connectivity index (χ1n) is 18.2. The molecular formula is C38H79N5O6. The van der Waals surface area contributed by atoms with Crippen molar-refractivity contribution < 1.29 is 28.7 Å². The summed E-state index contributed by atoms with van der Waals surface area (Å²) < 4.78 is 4.35. The number of amides is 5. The molecule has 1 aliphatic rings. The van der Waals surface area contributed by atoms with Gasteiger partial charge in [0.1, 0.15) is 0 Å². The predicted molar refractivity (Wildman–Crippen MR) is 204 cm³/mol. The number of nitrogens with one attached hydrogen (secondary N) is 4. The second kappa shape index (κ2) is 30.0. The van der Waals surface area contributed by atoms with Crippen molar-refractivity contribution in [2.24, 2.45) is 46.8 Å². The average Bonchev–Trinajstić information content (AvgIpc) is 2.95. The lowest BCUT2D eigenvalue weighted by Crippen LogP contribution is -2.50. The van der Waals surface area contributed by atoms with Gasteiger partial charge >= 0.3 is 6.09 Å². The zero-order chi connectivity index (χ0) is 39.5. The van der Waals surface area contributed by atoms with E-state index in [1.54, 1.807) is 6.92 Å². The third kappa shape index (κ3) is 37.8. The smallest absolute Gasteiger partial charge is 0.406 e. The number of hydrogen-bond acceptors (Lipinski definition) is 6. The molecule has 0 aromatic rings. The number of rotatable bonds is 11. The molecule has 4 N–H and O–H groups in total. The number of methoxy groups -OCH3 is 1. The molecule has 1 fully saturated rings. The summed E-state index contributed by atoms with van der Waals surface area (Å²) in [5.74, 6) is 4.34. The summed E-state index contributed by atoms with van der Waals surface area (Å²) in [6, 6.07) is 0. The highest BCUT2D eigenvalue weighted by molar-refractivity contribution is 5.81. The van der Waals surface area contributed by atoms with Gasteiger partial charge in [0.2, 0.25) is 23.6 Å². The number of alkyl carbamates (subject to hydrolysis) is 1. The fourth-order valence-electron chi connectivity index (χ4n) is 3.06. The molecule has 0 aliphatic carbocycles. The maximum atomic E-state index is 11.3. The topological polar surface area (TPSA) is 146 Å². The molecule has 1 heterocycles. The molecule has 11 nitrogen and oxygen atoms in total. The van der Waals surface area contributed by atoms with Crippen molar-refractivity contribution in [3.8, 4) is 0 Å². The lowest BCUT2D eigenvalue weighted by atomic mass is 9.88. The Labute approximate surface area is 301 Å². The number of ether oxygens (including phenoxy) is 1. The van der Waals surface area contributed by atoms with Crippen molar-refractivity contribution in [2.45, 2.75) is 124 Å². The first-order chi connectivity index (χ1) is 22.3. The Morgan fingerprint density at radius 2 is 1.06 bits per heavy atom. The van der Waals surface area contributed by atoms with Gasteiger partial charge in [0.15, 0.2) is 0 Å². The molecular weight excluding hydrogens is 622 g/mol. The molecule has 49 heavy (non-hydrogen) atoms. The van der Waals surface area contributed by atoms with Crippen LogP contribution in [0.4, 0.5) is 4.79 Å². The van der Waals surface area contributed by atoms with Crippen molar-refractivity contribution in [3.05, 3.63) is 0 Å². The molecule has 0 aromatic carbocycles. The van der Waals surface area contributed by atoms with Crippen molar-refractivity contribution in [2.75, 3.05) is 46.4 Å². The molecule has 1 saturated heterocycles. The van der Waals surface area contributed by atoms with Gasteiger partial charge in [-0.15, -0.1) is 0 Å². The van der Waals surface area contributed by atoms with E-state index in [4.69, 9.17) is 0 Å². The molecule has 0 atom stereocenters. The molecule has 0 saturated carbocycles. The second-order valence-corrected chi connectivity index (χ2v) is 15.9. The SMILES string of the molecule is CC(=O)N1CC(C(C)C)C1.CC(C)CNC(=O)C(C)(C)C.CC(C)CNC(=O)C(C)C.CCC(=O)NCC(C)C.COC(=O)NCC(C)C. The normalized spacial score (nSPS) is 12.3. The summed E-state index contributed by atoms with van der Waals surface area (Å²) in [6.07, 6.45) is 0.232. The molecule has 5 amide bonds. The van der Waals surface area contributed by atoms with E-state index in [2.05, 4.69) is 81.4 Å². The molecule has 0 bridgehead atoms. The Bertz CT molecular complexity index is 866. The van der Waals surface area contributed by atoms with Gasteiger partial charge < -0.3 is 30.9 Å². The van der Waals surface area contributed by atoms with E-state index in [0.717, 1.165) is 44.6 Å². The minimum absolute atomic E-state index is 0.110. The Morgan fingerprint density at radius 1 is 0.673 bits per heavy atom.